The van der Waals surface area contributed by atoms with Crippen molar-refractivity contribution in [2.24, 2.45) is 13.0 Å². The predicted octanol–water partition coefficient (Wildman–Crippen LogP) is 3.04. The third-order valence-electron chi connectivity index (χ3n) is 5.74. The smallest absolute Gasteiger partial charge is 0.240 e. The van der Waals surface area contributed by atoms with Crippen molar-refractivity contribution in [3.8, 4) is 11.3 Å². The molecule has 7 nitrogen and oxygen atoms in total. The fourth-order valence-corrected chi connectivity index (χ4v) is 5.50. The molecule has 1 fully saturated rings. The van der Waals surface area contributed by atoms with Crippen LogP contribution in [0.2, 0.25) is 0 Å². The number of sulfonamides is 1. The molecule has 0 saturated carbocycles. The molecule has 2 heterocycles. The third-order valence-corrected chi connectivity index (χ3v) is 7.31. The van der Waals surface area contributed by atoms with E-state index in [0.29, 0.717) is 18.5 Å². The summed E-state index contributed by atoms with van der Waals surface area (Å²) in [4.78, 5) is 14.4. The number of nitrogens with zero attached hydrogens (tertiary/aromatic N) is 3. The number of anilines is 1. The van der Waals surface area contributed by atoms with E-state index in [2.05, 4.69) is 9.82 Å². The quantitative estimate of drug-likeness (QED) is 0.641. The van der Waals surface area contributed by atoms with Gasteiger partial charge in [0.2, 0.25) is 15.9 Å². The Morgan fingerprint density at radius 3 is 2.52 bits per heavy atom. The van der Waals surface area contributed by atoms with Gasteiger partial charge in [0, 0.05) is 44.0 Å². The molecular formula is C23H26N4O3S. The fraction of sp³-hybridized carbons (Fsp3) is 0.304. The van der Waals surface area contributed by atoms with Crippen LogP contribution >= 0.6 is 0 Å². The molecule has 1 aliphatic heterocycles. The van der Waals surface area contributed by atoms with E-state index in [9.17, 15) is 13.2 Å². The highest BCUT2D eigenvalue weighted by atomic mass is 32.2. The SMILES string of the molecule is Cc1cc(S(=O)(=O)NCC2CC(=O)N(c3ccccc3)C2)c(C)cc1-c1ccnn1C. The first-order valence-corrected chi connectivity index (χ1v) is 11.7. The Kier molecular flexibility index (Phi) is 5.68. The Bertz CT molecular complexity index is 1220. The van der Waals surface area contributed by atoms with Gasteiger partial charge in [-0.05, 0) is 61.2 Å². The molecule has 31 heavy (non-hydrogen) atoms. The van der Waals surface area contributed by atoms with Crippen LogP contribution in [0.3, 0.4) is 0 Å². The van der Waals surface area contributed by atoms with Gasteiger partial charge in [0.05, 0.1) is 10.6 Å². The van der Waals surface area contributed by atoms with Crippen LogP contribution < -0.4 is 9.62 Å². The fourth-order valence-electron chi connectivity index (χ4n) is 4.07. The van der Waals surface area contributed by atoms with Crippen LogP contribution in [-0.2, 0) is 21.9 Å². The van der Waals surface area contributed by atoms with Crippen molar-refractivity contribution in [3.63, 3.8) is 0 Å². The van der Waals surface area contributed by atoms with Gasteiger partial charge in [0.25, 0.3) is 0 Å². The van der Waals surface area contributed by atoms with E-state index in [1.807, 2.05) is 56.4 Å². The minimum Gasteiger partial charge on any atom is -0.312 e. The average molecular weight is 439 g/mol. The predicted molar refractivity (Wildman–Crippen MR) is 120 cm³/mol. The summed E-state index contributed by atoms with van der Waals surface area (Å²) in [5.41, 5.74) is 4.26. The van der Waals surface area contributed by atoms with Crippen molar-refractivity contribution in [1.82, 2.24) is 14.5 Å². The molecule has 1 amide bonds. The molecule has 1 atom stereocenters. The van der Waals surface area contributed by atoms with E-state index in [1.165, 1.54) is 0 Å². The second-order valence-corrected chi connectivity index (χ2v) is 9.77. The van der Waals surface area contributed by atoms with Crippen LogP contribution in [0.5, 0.6) is 0 Å². The maximum Gasteiger partial charge on any atom is 0.240 e. The van der Waals surface area contributed by atoms with Crippen molar-refractivity contribution in [3.05, 3.63) is 65.9 Å². The van der Waals surface area contributed by atoms with E-state index in [0.717, 1.165) is 22.5 Å². The van der Waals surface area contributed by atoms with E-state index >= 15 is 0 Å². The van der Waals surface area contributed by atoms with Crippen molar-refractivity contribution in [2.75, 3.05) is 18.0 Å². The highest BCUT2D eigenvalue weighted by Gasteiger charge is 2.31. The standard InChI is InChI=1S/C23H26N4O3S/c1-16-12-22(17(2)11-20(16)21-9-10-24-26(21)3)31(29,30)25-14-18-13-23(28)27(15-18)19-7-5-4-6-8-19/h4-12,18,25H,13-15H2,1-3H3. The number of amides is 1. The number of carbonyl (C=O) groups excluding carboxylic acids is 1. The summed E-state index contributed by atoms with van der Waals surface area (Å²) in [6.45, 7) is 4.42. The summed E-state index contributed by atoms with van der Waals surface area (Å²) in [5, 5.41) is 4.20. The van der Waals surface area contributed by atoms with E-state index in [-0.39, 0.29) is 23.3 Å². The second-order valence-electron chi connectivity index (χ2n) is 8.03. The molecular weight excluding hydrogens is 412 g/mol. The summed E-state index contributed by atoms with van der Waals surface area (Å²) in [6, 6.07) is 15.0. The Morgan fingerprint density at radius 1 is 1.10 bits per heavy atom. The van der Waals surface area contributed by atoms with Crippen molar-refractivity contribution >= 4 is 21.6 Å². The Morgan fingerprint density at radius 2 is 1.84 bits per heavy atom. The maximum atomic E-state index is 13.0. The van der Waals surface area contributed by atoms with Crippen molar-refractivity contribution in [2.45, 2.75) is 25.2 Å². The van der Waals surface area contributed by atoms with Crippen LogP contribution in [0.15, 0.2) is 59.6 Å². The van der Waals surface area contributed by atoms with E-state index < -0.39 is 10.0 Å². The monoisotopic (exact) mass is 438 g/mol. The van der Waals surface area contributed by atoms with Crippen molar-refractivity contribution in [1.29, 1.82) is 0 Å². The molecule has 4 rings (SSSR count). The number of rotatable bonds is 6. The van der Waals surface area contributed by atoms with E-state index in [4.69, 9.17) is 0 Å². The number of benzene rings is 2. The molecule has 162 valence electrons. The number of para-hydroxylation sites is 1. The summed E-state index contributed by atoms with van der Waals surface area (Å²) >= 11 is 0. The molecule has 1 saturated heterocycles. The topological polar surface area (TPSA) is 84.3 Å². The van der Waals surface area contributed by atoms with Crippen LogP contribution in [-0.4, -0.2) is 37.2 Å². The van der Waals surface area contributed by atoms with Gasteiger partial charge >= 0.3 is 0 Å². The van der Waals surface area contributed by atoms with Crippen LogP contribution in [0, 0.1) is 19.8 Å². The molecule has 0 spiro atoms. The lowest BCUT2D eigenvalue weighted by molar-refractivity contribution is -0.117. The Balaban J connectivity index is 1.49. The number of aromatic nitrogens is 2. The Labute approximate surface area is 182 Å². The largest absolute Gasteiger partial charge is 0.312 e. The van der Waals surface area contributed by atoms with Gasteiger partial charge in [-0.1, -0.05) is 18.2 Å². The highest BCUT2D eigenvalue weighted by Crippen LogP contribution is 2.29. The normalized spacial score (nSPS) is 16.8. The van der Waals surface area contributed by atoms with Gasteiger partial charge in [-0.15, -0.1) is 0 Å². The molecule has 1 N–H and O–H groups in total. The molecule has 8 heteroatoms. The summed E-state index contributed by atoms with van der Waals surface area (Å²) < 4.78 is 30.6. The van der Waals surface area contributed by atoms with Gasteiger partial charge in [-0.2, -0.15) is 5.10 Å². The van der Waals surface area contributed by atoms with Crippen LogP contribution in [0.25, 0.3) is 11.3 Å². The molecule has 1 aliphatic rings. The molecule has 0 bridgehead atoms. The highest BCUT2D eigenvalue weighted by molar-refractivity contribution is 7.89. The second kappa shape index (κ2) is 8.28. The first kappa shape index (κ1) is 21.3. The van der Waals surface area contributed by atoms with Crippen LogP contribution in [0.1, 0.15) is 17.5 Å². The third kappa shape index (κ3) is 4.26. The molecule has 0 radical (unpaired) electrons. The van der Waals surface area contributed by atoms with Crippen LogP contribution in [0.4, 0.5) is 5.69 Å². The number of hydrogen-bond donors (Lipinski definition) is 1. The number of hydrogen-bond acceptors (Lipinski definition) is 4. The minimum atomic E-state index is -3.70. The molecule has 3 aromatic rings. The van der Waals surface area contributed by atoms with Crippen molar-refractivity contribution < 1.29 is 13.2 Å². The minimum absolute atomic E-state index is 0.0166. The van der Waals surface area contributed by atoms with Gasteiger partial charge in [-0.25, -0.2) is 13.1 Å². The Hall–Kier alpha value is -2.97. The maximum absolute atomic E-state index is 13.0. The number of aryl methyl sites for hydroxylation is 3. The summed E-state index contributed by atoms with van der Waals surface area (Å²) in [5.74, 6) is -0.0550. The van der Waals surface area contributed by atoms with Gasteiger partial charge in [0.1, 0.15) is 0 Å². The first-order chi connectivity index (χ1) is 14.8. The number of nitrogens with one attached hydrogen (secondary N) is 1. The lowest BCUT2D eigenvalue weighted by Crippen LogP contribution is -2.31. The zero-order chi connectivity index (χ0) is 22.2. The summed E-state index contributed by atoms with van der Waals surface area (Å²) in [7, 11) is -1.84. The molecule has 2 aromatic carbocycles. The molecule has 1 unspecified atom stereocenters. The molecule has 1 aromatic heterocycles. The lowest BCUT2D eigenvalue weighted by Gasteiger charge is -2.17. The lowest BCUT2D eigenvalue weighted by atomic mass is 10.0. The van der Waals surface area contributed by atoms with Gasteiger partial charge < -0.3 is 4.90 Å². The zero-order valence-electron chi connectivity index (χ0n) is 17.9. The number of carbonyl (C=O) groups is 1. The first-order valence-electron chi connectivity index (χ1n) is 10.2. The molecule has 0 aliphatic carbocycles. The average Bonchev–Trinajstić information content (AvgIpc) is 3.33. The van der Waals surface area contributed by atoms with Gasteiger partial charge in [0.15, 0.2) is 0 Å². The zero-order valence-corrected chi connectivity index (χ0v) is 18.7. The van der Waals surface area contributed by atoms with Gasteiger partial charge in [-0.3, -0.25) is 9.48 Å². The van der Waals surface area contributed by atoms with E-state index in [1.54, 1.807) is 28.8 Å². The summed E-state index contributed by atoms with van der Waals surface area (Å²) in [6.07, 6.45) is 2.05.